The first-order valence-corrected chi connectivity index (χ1v) is 10.2. The third-order valence-electron chi connectivity index (χ3n) is 5.98. The van der Waals surface area contributed by atoms with Crippen LogP contribution >= 0.6 is 0 Å². The molecule has 3 heteroatoms. The summed E-state index contributed by atoms with van der Waals surface area (Å²) in [5.41, 5.74) is 2.84. The molecule has 1 aromatic carbocycles. The number of piperidine rings is 1. The van der Waals surface area contributed by atoms with Gasteiger partial charge in [0.05, 0.1) is 0 Å². The summed E-state index contributed by atoms with van der Waals surface area (Å²) in [5.74, 6) is 1.74. The van der Waals surface area contributed by atoms with Crippen molar-refractivity contribution in [3.63, 3.8) is 0 Å². The van der Waals surface area contributed by atoms with Gasteiger partial charge in [-0.25, -0.2) is 0 Å². The molecule has 138 valence electrons. The average molecular weight is 343 g/mol. The molecule has 0 spiro atoms. The topological polar surface area (TPSA) is 23.6 Å². The van der Waals surface area contributed by atoms with Crippen LogP contribution in [0.15, 0.2) is 24.3 Å². The van der Waals surface area contributed by atoms with E-state index in [-0.39, 0.29) is 0 Å². The van der Waals surface area contributed by atoms with Crippen LogP contribution in [0.25, 0.3) is 0 Å². The van der Waals surface area contributed by atoms with Gasteiger partial charge in [0.15, 0.2) is 0 Å². The molecule has 2 aliphatic heterocycles. The number of hydrogen-bond acceptors (Lipinski definition) is 2. The molecule has 1 amide bonds. The summed E-state index contributed by atoms with van der Waals surface area (Å²) in [6.45, 7) is 9.89. The third kappa shape index (κ3) is 5.31. The molecule has 2 fully saturated rings. The van der Waals surface area contributed by atoms with Crippen molar-refractivity contribution in [3.05, 3.63) is 35.4 Å². The van der Waals surface area contributed by atoms with Gasteiger partial charge in [0.25, 0.3) is 0 Å². The fourth-order valence-electron chi connectivity index (χ4n) is 4.15. The Morgan fingerprint density at radius 3 is 2.28 bits per heavy atom. The molecule has 2 heterocycles. The summed E-state index contributed by atoms with van der Waals surface area (Å²) in [6, 6.07) is 9.12. The van der Waals surface area contributed by atoms with Gasteiger partial charge in [0.1, 0.15) is 0 Å². The molecule has 0 unspecified atom stereocenters. The lowest BCUT2D eigenvalue weighted by Crippen LogP contribution is -2.34. The van der Waals surface area contributed by atoms with Gasteiger partial charge in [0.2, 0.25) is 5.91 Å². The van der Waals surface area contributed by atoms with Crippen LogP contribution in [-0.2, 0) is 11.3 Å². The lowest BCUT2D eigenvalue weighted by Gasteiger charge is -2.32. The molecule has 2 saturated heterocycles. The van der Waals surface area contributed by atoms with Crippen molar-refractivity contribution in [1.82, 2.24) is 9.80 Å². The molecule has 0 atom stereocenters. The van der Waals surface area contributed by atoms with E-state index >= 15 is 0 Å². The highest BCUT2D eigenvalue weighted by Gasteiger charge is 2.22. The molecule has 0 aromatic heterocycles. The number of likely N-dealkylation sites (tertiary alicyclic amines) is 2. The van der Waals surface area contributed by atoms with E-state index < -0.39 is 0 Å². The van der Waals surface area contributed by atoms with Gasteiger partial charge >= 0.3 is 0 Å². The Labute approximate surface area is 153 Å². The minimum Gasteiger partial charge on any atom is -0.343 e. The average Bonchev–Trinajstić information content (AvgIpc) is 3.16. The molecule has 0 N–H and O–H groups in total. The van der Waals surface area contributed by atoms with Gasteiger partial charge in [-0.3, -0.25) is 9.69 Å². The zero-order chi connectivity index (χ0) is 17.6. The standard InChI is InChI=1S/C22H34N2O/c1-18(2)21-8-5-20(6-9-21)17-23-15-11-19(12-16-23)7-10-22(25)24-13-3-4-14-24/h5-6,8-9,18-19H,3-4,7,10-17H2,1-2H3. The van der Waals surface area contributed by atoms with Crippen LogP contribution in [-0.4, -0.2) is 41.9 Å². The summed E-state index contributed by atoms with van der Waals surface area (Å²) in [6.07, 6.45) is 6.74. The fourth-order valence-corrected chi connectivity index (χ4v) is 4.15. The van der Waals surface area contributed by atoms with Gasteiger partial charge in [0, 0.05) is 26.1 Å². The minimum atomic E-state index is 0.394. The van der Waals surface area contributed by atoms with E-state index in [4.69, 9.17) is 0 Å². The molecule has 0 radical (unpaired) electrons. The lowest BCUT2D eigenvalue weighted by atomic mass is 9.91. The van der Waals surface area contributed by atoms with E-state index in [1.54, 1.807) is 0 Å². The van der Waals surface area contributed by atoms with Crippen molar-refractivity contribution in [2.24, 2.45) is 5.92 Å². The van der Waals surface area contributed by atoms with Crippen molar-refractivity contribution in [2.75, 3.05) is 26.2 Å². The van der Waals surface area contributed by atoms with Gasteiger partial charge < -0.3 is 4.90 Å². The third-order valence-corrected chi connectivity index (χ3v) is 5.98. The first-order valence-electron chi connectivity index (χ1n) is 10.2. The quantitative estimate of drug-likeness (QED) is 0.764. The minimum absolute atomic E-state index is 0.394. The smallest absolute Gasteiger partial charge is 0.222 e. The Hall–Kier alpha value is -1.35. The highest BCUT2D eigenvalue weighted by molar-refractivity contribution is 5.76. The Balaban J connectivity index is 1.37. The largest absolute Gasteiger partial charge is 0.343 e. The molecule has 2 aliphatic rings. The monoisotopic (exact) mass is 342 g/mol. The molecule has 0 bridgehead atoms. The second-order valence-electron chi connectivity index (χ2n) is 8.24. The number of carbonyl (C=O) groups is 1. The Morgan fingerprint density at radius 1 is 1.04 bits per heavy atom. The maximum absolute atomic E-state index is 12.2. The molecule has 3 rings (SSSR count). The second-order valence-corrected chi connectivity index (χ2v) is 8.24. The number of rotatable bonds is 6. The van der Waals surface area contributed by atoms with Crippen molar-refractivity contribution < 1.29 is 4.79 Å². The molecular weight excluding hydrogens is 308 g/mol. The normalized spacial score (nSPS) is 19.7. The van der Waals surface area contributed by atoms with Crippen LogP contribution in [0.5, 0.6) is 0 Å². The van der Waals surface area contributed by atoms with Crippen molar-refractivity contribution in [1.29, 1.82) is 0 Å². The predicted octanol–water partition coefficient (Wildman–Crippen LogP) is 4.42. The fraction of sp³-hybridized carbons (Fsp3) is 0.682. The molecule has 25 heavy (non-hydrogen) atoms. The van der Waals surface area contributed by atoms with E-state index in [1.807, 2.05) is 0 Å². The summed E-state index contributed by atoms with van der Waals surface area (Å²) < 4.78 is 0. The van der Waals surface area contributed by atoms with Crippen molar-refractivity contribution in [3.8, 4) is 0 Å². The zero-order valence-corrected chi connectivity index (χ0v) is 16.0. The summed E-state index contributed by atoms with van der Waals surface area (Å²) in [4.78, 5) is 16.8. The van der Waals surface area contributed by atoms with E-state index in [0.717, 1.165) is 38.4 Å². The first kappa shape index (κ1) is 18.4. The summed E-state index contributed by atoms with van der Waals surface area (Å²) in [5, 5.41) is 0. The number of amides is 1. The predicted molar refractivity (Wildman–Crippen MR) is 104 cm³/mol. The SMILES string of the molecule is CC(C)c1ccc(CN2CCC(CCC(=O)N3CCCC3)CC2)cc1. The highest BCUT2D eigenvalue weighted by Crippen LogP contribution is 2.24. The molecule has 0 saturated carbocycles. The number of hydrogen-bond donors (Lipinski definition) is 0. The molecule has 0 aliphatic carbocycles. The van der Waals surface area contributed by atoms with E-state index in [0.29, 0.717) is 11.8 Å². The van der Waals surface area contributed by atoms with Crippen molar-refractivity contribution >= 4 is 5.91 Å². The van der Waals surface area contributed by atoms with E-state index in [1.165, 1.54) is 49.9 Å². The first-order chi connectivity index (χ1) is 12.1. The van der Waals surface area contributed by atoms with Gasteiger partial charge in [-0.05, 0) is 68.2 Å². The van der Waals surface area contributed by atoms with Gasteiger partial charge in [-0.15, -0.1) is 0 Å². The number of benzene rings is 1. The maximum Gasteiger partial charge on any atom is 0.222 e. The van der Waals surface area contributed by atoms with Crippen LogP contribution in [0.3, 0.4) is 0 Å². The van der Waals surface area contributed by atoms with Crippen LogP contribution in [0.2, 0.25) is 0 Å². The van der Waals surface area contributed by atoms with Gasteiger partial charge in [-0.1, -0.05) is 38.1 Å². The lowest BCUT2D eigenvalue weighted by molar-refractivity contribution is -0.130. The van der Waals surface area contributed by atoms with E-state index in [9.17, 15) is 4.79 Å². The second kappa shape index (κ2) is 8.84. The highest BCUT2D eigenvalue weighted by atomic mass is 16.2. The van der Waals surface area contributed by atoms with Crippen LogP contribution < -0.4 is 0 Å². The Kier molecular flexibility index (Phi) is 6.52. The summed E-state index contributed by atoms with van der Waals surface area (Å²) in [7, 11) is 0. The Morgan fingerprint density at radius 2 is 1.68 bits per heavy atom. The van der Waals surface area contributed by atoms with Gasteiger partial charge in [-0.2, -0.15) is 0 Å². The van der Waals surface area contributed by atoms with Crippen LogP contribution in [0, 0.1) is 5.92 Å². The molecule has 1 aromatic rings. The Bertz CT molecular complexity index is 538. The van der Waals surface area contributed by atoms with Crippen LogP contribution in [0.4, 0.5) is 0 Å². The number of nitrogens with zero attached hydrogens (tertiary/aromatic N) is 2. The zero-order valence-electron chi connectivity index (χ0n) is 16.0. The molecular formula is C22H34N2O. The van der Waals surface area contributed by atoms with Crippen LogP contribution in [0.1, 0.15) is 69.4 Å². The van der Waals surface area contributed by atoms with E-state index in [2.05, 4.69) is 47.9 Å². The number of carbonyl (C=O) groups excluding carboxylic acids is 1. The molecule has 3 nitrogen and oxygen atoms in total. The summed E-state index contributed by atoms with van der Waals surface area (Å²) >= 11 is 0. The maximum atomic E-state index is 12.2. The van der Waals surface area contributed by atoms with Crippen molar-refractivity contribution in [2.45, 2.75) is 64.8 Å².